The molecule has 1 heterocycles. The summed E-state index contributed by atoms with van der Waals surface area (Å²) in [6.07, 6.45) is 7.52. The van der Waals surface area contributed by atoms with E-state index >= 15 is 0 Å². The third-order valence-electron chi connectivity index (χ3n) is 5.69. The Hall–Kier alpha value is -1.95. The molecule has 0 atom stereocenters. The number of rotatable bonds is 4. The van der Waals surface area contributed by atoms with E-state index in [0.717, 1.165) is 67.9 Å². The lowest BCUT2D eigenvalue weighted by Crippen LogP contribution is -2.32. The van der Waals surface area contributed by atoms with Gasteiger partial charge >= 0.3 is 0 Å². The molecule has 6 heteroatoms. The number of hydrogen-bond donors (Lipinski definition) is 2. The number of benzene rings is 1. The number of carbonyl (C=O) groups is 1. The van der Waals surface area contributed by atoms with E-state index in [1.807, 2.05) is 6.07 Å². The minimum absolute atomic E-state index is 0.0521. The van der Waals surface area contributed by atoms with Crippen molar-refractivity contribution in [2.75, 3.05) is 11.9 Å². The zero-order valence-electron chi connectivity index (χ0n) is 15.7. The molecule has 1 amide bonds. The van der Waals surface area contributed by atoms with Crippen molar-refractivity contribution < 1.29 is 9.18 Å². The SMILES string of the molecule is CC(=O)NCC1CCC(Nc2nc3c(s2)CCCc2ccc(F)cc2-3)CC1. The number of nitrogens with zero attached hydrogens (tertiary/aromatic N) is 1. The Morgan fingerprint density at radius 1 is 1.26 bits per heavy atom. The molecule has 27 heavy (non-hydrogen) atoms. The molecule has 2 aliphatic carbocycles. The Morgan fingerprint density at radius 3 is 2.85 bits per heavy atom. The maximum atomic E-state index is 13.8. The van der Waals surface area contributed by atoms with E-state index in [9.17, 15) is 9.18 Å². The number of anilines is 1. The summed E-state index contributed by atoms with van der Waals surface area (Å²) in [6.45, 7) is 2.36. The van der Waals surface area contributed by atoms with E-state index in [-0.39, 0.29) is 11.7 Å². The van der Waals surface area contributed by atoms with Gasteiger partial charge in [0.05, 0.1) is 5.69 Å². The molecule has 1 aromatic carbocycles. The third-order valence-corrected chi connectivity index (χ3v) is 6.73. The minimum Gasteiger partial charge on any atom is -0.359 e. The van der Waals surface area contributed by atoms with E-state index in [0.29, 0.717) is 12.0 Å². The average molecular weight is 388 g/mol. The van der Waals surface area contributed by atoms with Crippen molar-refractivity contribution in [3.8, 4) is 11.3 Å². The Balaban J connectivity index is 1.43. The number of amides is 1. The molecule has 144 valence electrons. The number of hydrogen-bond acceptors (Lipinski definition) is 4. The van der Waals surface area contributed by atoms with Gasteiger partial charge in [-0.2, -0.15) is 0 Å². The Bertz CT molecular complexity index is 827. The quantitative estimate of drug-likeness (QED) is 0.809. The van der Waals surface area contributed by atoms with Crippen LogP contribution in [0.1, 0.15) is 49.5 Å². The van der Waals surface area contributed by atoms with Gasteiger partial charge in [-0.15, -0.1) is 11.3 Å². The predicted octanol–water partition coefficient (Wildman–Crippen LogP) is 4.54. The highest BCUT2D eigenvalue weighted by atomic mass is 32.1. The molecule has 0 saturated heterocycles. The minimum atomic E-state index is -0.193. The standard InChI is InChI=1S/C21H26FN3OS/c1-13(26)23-12-14-5-9-17(10-6-14)24-21-25-20-18-11-16(22)8-7-15(18)3-2-4-19(20)27-21/h7-8,11,14,17H,2-6,9-10,12H2,1H3,(H,23,26)(H,24,25). The maximum Gasteiger partial charge on any atom is 0.216 e. The lowest BCUT2D eigenvalue weighted by molar-refractivity contribution is -0.119. The second kappa shape index (κ2) is 7.97. The topological polar surface area (TPSA) is 54.0 Å². The molecule has 4 rings (SSSR count). The molecule has 1 aromatic heterocycles. The first-order valence-electron chi connectivity index (χ1n) is 9.88. The summed E-state index contributed by atoms with van der Waals surface area (Å²) in [5.74, 6) is 0.438. The van der Waals surface area contributed by atoms with Gasteiger partial charge in [-0.25, -0.2) is 9.37 Å². The van der Waals surface area contributed by atoms with Crippen LogP contribution in [0.3, 0.4) is 0 Å². The summed E-state index contributed by atoms with van der Waals surface area (Å²) < 4.78 is 13.8. The van der Waals surface area contributed by atoms with Crippen LogP contribution < -0.4 is 10.6 Å². The number of thiazole rings is 1. The van der Waals surface area contributed by atoms with Crippen molar-refractivity contribution in [1.29, 1.82) is 0 Å². The molecule has 1 saturated carbocycles. The molecular formula is C21H26FN3OS. The van der Waals surface area contributed by atoms with E-state index in [2.05, 4.69) is 10.6 Å². The van der Waals surface area contributed by atoms with Crippen molar-refractivity contribution in [1.82, 2.24) is 10.3 Å². The Labute approximate surface area is 163 Å². The molecule has 0 unspecified atom stereocenters. The molecule has 0 spiro atoms. The molecule has 0 radical (unpaired) electrons. The molecule has 2 N–H and O–H groups in total. The largest absolute Gasteiger partial charge is 0.359 e. The summed E-state index contributed by atoms with van der Waals surface area (Å²) in [4.78, 5) is 17.2. The maximum absolute atomic E-state index is 13.8. The number of nitrogens with one attached hydrogen (secondary N) is 2. The zero-order chi connectivity index (χ0) is 18.8. The fourth-order valence-electron chi connectivity index (χ4n) is 4.19. The third kappa shape index (κ3) is 4.32. The second-order valence-corrected chi connectivity index (χ2v) is 8.83. The zero-order valence-corrected chi connectivity index (χ0v) is 16.5. The van der Waals surface area contributed by atoms with Crippen molar-refractivity contribution in [2.24, 2.45) is 5.92 Å². The van der Waals surface area contributed by atoms with Crippen LogP contribution >= 0.6 is 11.3 Å². The highest BCUT2D eigenvalue weighted by Crippen LogP contribution is 2.38. The smallest absolute Gasteiger partial charge is 0.216 e. The van der Waals surface area contributed by atoms with Crippen LogP contribution in [0.25, 0.3) is 11.3 Å². The Morgan fingerprint density at radius 2 is 2.07 bits per heavy atom. The van der Waals surface area contributed by atoms with Crippen molar-refractivity contribution >= 4 is 22.4 Å². The molecule has 2 aromatic rings. The molecule has 4 nitrogen and oxygen atoms in total. The van der Waals surface area contributed by atoms with Gasteiger partial charge in [-0.1, -0.05) is 6.07 Å². The molecular weight excluding hydrogens is 361 g/mol. The fourth-order valence-corrected chi connectivity index (χ4v) is 5.29. The number of fused-ring (bicyclic) bond motifs is 3. The van der Waals surface area contributed by atoms with E-state index in [1.54, 1.807) is 30.4 Å². The van der Waals surface area contributed by atoms with Gasteiger partial charge in [-0.3, -0.25) is 4.79 Å². The molecule has 1 fully saturated rings. The number of aromatic nitrogens is 1. The predicted molar refractivity (Wildman–Crippen MR) is 108 cm³/mol. The summed E-state index contributed by atoms with van der Waals surface area (Å²) in [5.41, 5.74) is 3.13. The number of carbonyl (C=O) groups excluding carboxylic acids is 1. The number of aryl methyl sites for hydroxylation is 2. The summed E-state index contributed by atoms with van der Waals surface area (Å²) in [7, 11) is 0. The van der Waals surface area contributed by atoms with Gasteiger partial charge in [0.2, 0.25) is 5.91 Å². The van der Waals surface area contributed by atoms with Crippen molar-refractivity contribution in [3.05, 3.63) is 34.5 Å². The lowest BCUT2D eigenvalue weighted by Gasteiger charge is -2.29. The highest BCUT2D eigenvalue weighted by molar-refractivity contribution is 7.16. The van der Waals surface area contributed by atoms with Crippen molar-refractivity contribution in [2.45, 2.75) is 57.9 Å². The fraction of sp³-hybridized carbons (Fsp3) is 0.524. The van der Waals surface area contributed by atoms with Gasteiger partial charge in [-0.05, 0) is 68.6 Å². The van der Waals surface area contributed by atoms with Gasteiger partial charge in [0.25, 0.3) is 0 Å². The van der Waals surface area contributed by atoms with Crippen LogP contribution in [0.5, 0.6) is 0 Å². The van der Waals surface area contributed by atoms with E-state index in [1.165, 1.54) is 10.4 Å². The van der Waals surface area contributed by atoms with Crippen LogP contribution in [0.2, 0.25) is 0 Å². The molecule has 2 aliphatic rings. The van der Waals surface area contributed by atoms with Crippen LogP contribution in [0, 0.1) is 11.7 Å². The normalized spacial score (nSPS) is 21.7. The second-order valence-electron chi connectivity index (χ2n) is 7.74. The van der Waals surface area contributed by atoms with Gasteiger partial charge in [0.1, 0.15) is 5.82 Å². The molecule has 0 bridgehead atoms. The van der Waals surface area contributed by atoms with Crippen LogP contribution in [-0.2, 0) is 17.6 Å². The molecule has 0 aliphatic heterocycles. The van der Waals surface area contributed by atoms with Gasteiger partial charge < -0.3 is 10.6 Å². The van der Waals surface area contributed by atoms with Crippen LogP contribution in [0.15, 0.2) is 18.2 Å². The first kappa shape index (κ1) is 18.4. The summed E-state index contributed by atoms with van der Waals surface area (Å²) >= 11 is 1.73. The van der Waals surface area contributed by atoms with Crippen molar-refractivity contribution in [3.63, 3.8) is 0 Å². The van der Waals surface area contributed by atoms with Crippen LogP contribution in [0.4, 0.5) is 9.52 Å². The average Bonchev–Trinajstić information content (AvgIpc) is 2.97. The van der Waals surface area contributed by atoms with Gasteiger partial charge in [0.15, 0.2) is 5.13 Å². The Kier molecular flexibility index (Phi) is 5.43. The number of halogens is 1. The highest BCUT2D eigenvalue weighted by Gasteiger charge is 2.24. The summed E-state index contributed by atoms with van der Waals surface area (Å²) in [5, 5.41) is 7.51. The lowest BCUT2D eigenvalue weighted by atomic mass is 9.86. The summed E-state index contributed by atoms with van der Waals surface area (Å²) in [6, 6.07) is 5.52. The first-order valence-corrected chi connectivity index (χ1v) is 10.7. The first-order chi connectivity index (χ1) is 13.1. The van der Waals surface area contributed by atoms with E-state index in [4.69, 9.17) is 4.98 Å². The van der Waals surface area contributed by atoms with E-state index < -0.39 is 0 Å². The van der Waals surface area contributed by atoms with Crippen LogP contribution in [-0.4, -0.2) is 23.5 Å². The van der Waals surface area contributed by atoms with Gasteiger partial charge in [0, 0.05) is 30.0 Å². The monoisotopic (exact) mass is 387 g/mol.